The number of piperazine rings is 1. The molecule has 1 saturated heterocycles. The van der Waals surface area contributed by atoms with Crippen LogP contribution in [-0.4, -0.2) is 42.5 Å². The van der Waals surface area contributed by atoms with Crippen LogP contribution in [0.4, 0.5) is 0 Å². The van der Waals surface area contributed by atoms with E-state index in [0.29, 0.717) is 6.04 Å². The molecule has 1 heterocycles. The third-order valence-corrected chi connectivity index (χ3v) is 2.62. The fourth-order valence-electron chi connectivity index (χ4n) is 1.50. The van der Waals surface area contributed by atoms with Crippen molar-refractivity contribution in [2.45, 2.75) is 19.4 Å². The zero-order valence-electron chi connectivity index (χ0n) is 7.15. The molecule has 1 rings (SSSR count). The Morgan fingerprint density at radius 1 is 1.64 bits per heavy atom. The van der Waals surface area contributed by atoms with Gasteiger partial charge in [0.05, 0.1) is 0 Å². The molecule has 0 saturated carbocycles. The SMILES string of the molecule is CC1CN(CCCBr)CCN1. The molecule has 0 aromatic rings. The third kappa shape index (κ3) is 3.54. The highest BCUT2D eigenvalue weighted by molar-refractivity contribution is 9.09. The van der Waals surface area contributed by atoms with Crippen LogP contribution in [0.25, 0.3) is 0 Å². The van der Waals surface area contributed by atoms with E-state index < -0.39 is 0 Å². The summed E-state index contributed by atoms with van der Waals surface area (Å²) in [5.74, 6) is 0. The molecule has 1 aliphatic rings. The van der Waals surface area contributed by atoms with Crippen LogP contribution in [0.1, 0.15) is 13.3 Å². The van der Waals surface area contributed by atoms with Gasteiger partial charge in [-0.15, -0.1) is 0 Å². The second-order valence-corrected chi connectivity index (χ2v) is 3.99. The van der Waals surface area contributed by atoms with E-state index in [4.69, 9.17) is 0 Å². The van der Waals surface area contributed by atoms with Crippen molar-refractivity contribution in [3.05, 3.63) is 0 Å². The number of hydrogen-bond acceptors (Lipinski definition) is 2. The van der Waals surface area contributed by atoms with E-state index in [1.165, 1.54) is 26.1 Å². The molecule has 0 radical (unpaired) electrons. The van der Waals surface area contributed by atoms with E-state index in [9.17, 15) is 0 Å². The summed E-state index contributed by atoms with van der Waals surface area (Å²) in [7, 11) is 0. The molecule has 1 unspecified atom stereocenters. The van der Waals surface area contributed by atoms with E-state index >= 15 is 0 Å². The maximum atomic E-state index is 3.45. The van der Waals surface area contributed by atoms with Crippen LogP contribution in [0, 0.1) is 0 Å². The van der Waals surface area contributed by atoms with Gasteiger partial charge in [0, 0.05) is 31.0 Å². The topological polar surface area (TPSA) is 15.3 Å². The molecule has 0 bridgehead atoms. The van der Waals surface area contributed by atoms with Crippen LogP contribution in [0.15, 0.2) is 0 Å². The molecule has 1 atom stereocenters. The smallest absolute Gasteiger partial charge is 0.0167 e. The summed E-state index contributed by atoms with van der Waals surface area (Å²) in [4.78, 5) is 2.53. The Balaban J connectivity index is 2.12. The minimum atomic E-state index is 0.680. The number of alkyl halides is 1. The van der Waals surface area contributed by atoms with Gasteiger partial charge in [0.25, 0.3) is 0 Å². The standard InChI is InChI=1S/C8H17BrN2/c1-8-7-11(5-2-3-9)6-4-10-8/h8,10H,2-7H2,1H3. The lowest BCUT2D eigenvalue weighted by atomic mass is 10.2. The highest BCUT2D eigenvalue weighted by atomic mass is 79.9. The molecule has 1 fully saturated rings. The molecule has 0 aliphatic carbocycles. The lowest BCUT2D eigenvalue weighted by Crippen LogP contribution is -2.49. The second kappa shape index (κ2) is 5.12. The first-order valence-electron chi connectivity index (χ1n) is 4.34. The normalized spacial score (nSPS) is 27.3. The first-order valence-corrected chi connectivity index (χ1v) is 5.47. The van der Waals surface area contributed by atoms with E-state index in [2.05, 4.69) is 33.1 Å². The van der Waals surface area contributed by atoms with Crippen LogP contribution in [0.3, 0.4) is 0 Å². The molecule has 3 heteroatoms. The Morgan fingerprint density at radius 2 is 2.45 bits per heavy atom. The fourth-order valence-corrected chi connectivity index (χ4v) is 1.75. The first-order chi connectivity index (χ1) is 5.33. The zero-order valence-corrected chi connectivity index (χ0v) is 8.73. The molecule has 0 spiro atoms. The Kier molecular flexibility index (Phi) is 4.41. The monoisotopic (exact) mass is 220 g/mol. The van der Waals surface area contributed by atoms with Gasteiger partial charge in [-0.1, -0.05) is 15.9 Å². The van der Waals surface area contributed by atoms with E-state index in [-0.39, 0.29) is 0 Å². The van der Waals surface area contributed by atoms with E-state index in [1.54, 1.807) is 0 Å². The fraction of sp³-hybridized carbons (Fsp3) is 1.00. The van der Waals surface area contributed by atoms with Gasteiger partial charge in [0.2, 0.25) is 0 Å². The Labute approximate surface area is 77.5 Å². The van der Waals surface area contributed by atoms with Crippen molar-refractivity contribution in [3.8, 4) is 0 Å². The van der Waals surface area contributed by atoms with Crippen LogP contribution < -0.4 is 5.32 Å². The van der Waals surface area contributed by atoms with Crippen molar-refractivity contribution in [1.29, 1.82) is 0 Å². The van der Waals surface area contributed by atoms with Gasteiger partial charge >= 0.3 is 0 Å². The molecule has 11 heavy (non-hydrogen) atoms. The van der Waals surface area contributed by atoms with Crippen molar-refractivity contribution in [1.82, 2.24) is 10.2 Å². The highest BCUT2D eigenvalue weighted by Gasteiger charge is 2.13. The van der Waals surface area contributed by atoms with Crippen molar-refractivity contribution in [3.63, 3.8) is 0 Å². The van der Waals surface area contributed by atoms with Gasteiger partial charge in [-0.2, -0.15) is 0 Å². The van der Waals surface area contributed by atoms with Gasteiger partial charge in [0.1, 0.15) is 0 Å². The first kappa shape index (κ1) is 9.49. The van der Waals surface area contributed by atoms with Gasteiger partial charge in [0.15, 0.2) is 0 Å². The number of halogens is 1. The van der Waals surface area contributed by atoms with Crippen LogP contribution in [0.2, 0.25) is 0 Å². The Morgan fingerprint density at radius 3 is 3.09 bits per heavy atom. The Bertz CT molecular complexity index is 108. The zero-order chi connectivity index (χ0) is 8.10. The summed E-state index contributed by atoms with van der Waals surface area (Å²) in [5, 5.41) is 4.57. The molecule has 2 nitrogen and oxygen atoms in total. The molecule has 0 aromatic heterocycles. The van der Waals surface area contributed by atoms with Gasteiger partial charge in [-0.25, -0.2) is 0 Å². The molecule has 1 N–H and O–H groups in total. The predicted molar refractivity (Wildman–Crippen MR) is 52.3 cm³/mol. The predicted octanol–water partition coefficient (Wildman–Crippen LogP) is 1.07. The number of rotatable bonds is 3. The van der Waals surface area contributed by atoms with Crippen molar-refractivity contribution in [2.24, 2.45) is 0 Å². The Hall–Kier alpha value is 0.400. The molecule has 66 valence electrons. The minimum absolute atomic E-state index is 0.680. The lowest BCUT2D eigenvalue weighted by molar-refractivity contribution is 0.208. The minimum Gasteiger partial charge on any atom is -0.312 e. The molecule has 1 aliphatic heterocycles. The summed E-state index contributed by atoms with van der Waals surface area (Å²) in [6.07, 6.45) is 1.27. The average molecular weight is 221 g/mol. The quantitative estimate of drug-likeness (QED) is 0.717. The second-order valence-electron chi connectivity index (χ2n) is 3.20. The molecular formula is C8H17BrN2. The lowest BCUT2D eigenvalue weighted by Gasteiger charge is -2.31. The summed E-state index contributed by atoms with van der Waals surface area (Å²) < 4.78 is 0. The third-order valence-electron chi connectivity index (χ3n) is 2.06. The maximum Gasteiger partial charge on any atom is 0.0167 e. The van der Waals surface area contributed by atoms with Crippen LogP contribution in [0.5, 0.6) is 0 Å². The van der Waals surface area contributed by atoms with Crippen LogP contribution in [-0.2, 0) is 0 Å². The molecular weight excluding hydrogens is 204 g/mol. The molecule has 0 aromatic carbocycles. The van der Waals surface area contributed by atoms with Gasteiger partial charge in [-0.3, -0.25) is 0 Å². The van der Waals surface area contributed by atoms with Crippen LogP contribution >= 0.6 is 15.9 Å². The number of hydrogen-bond donors (Lipinski definition) is 1. The van der Waals surface area contributed by atoms with Crippen molar-refractivity contribution < 1.29 is 0 Å². The van der Waals surface area contributed by atoms with Gasteiger partial charge < -0.3 is 10.2 Å². The average Bonchev–Trinajstić information content (AvgIpc) is 2.01. The van der Waals surface area contributed by atoms with E-state index in [1.807, 2.05) is 0 Å². The van der Waals surface area contributed by atoms with E-state index in [0.717, 1.165) is 11.9 Å². The number of nitrogens with one attached hydrogen (secondary N) is 1. The summed E-state index contributed by atoms with van der Waals surface area (Å²) >= 11 is 3.45. The summed E-state index contributed by atoms with van der Waals surface area (Å²) in [6, 6.07) is 0.680. The van der Waals surface area contributed by atoms with Crippen molar-refractivity contribution in [2.75, 3.05) is 31.5 Å². The van der Waals surface area contributed by atoms with Crippen molar-refractivity contribution >= 4 is 15.9 Å². The summed E-state index contributed by atoms with van der Waals surface area (Å²) in [5.41, 5.74) is 0. The van der Waals surface area contributed by atoms with Gasteiger partial charge in [-0.05, 0) is 19.9 Å². The highest BCUT2D eigenvalue weighted by Crippen LogP contribution is 2.00. The maximum absolute atomic E-state index is 3.45. The number of nitrogens with zero attached hydrogens (tertiary/aromatic N) is 1. The largest absolute Gasteiger partial charge is 0.312 e. The summed E-state index contributed by atoms with van der Waals surface area (Å²) in [6.45, 7) is 7.09. The molecule has 0 amide bonds.